The van der Waals surface area contributed by atoms with Gasteiger partial charge < -0.3 is 15.7 Å². The second kappa shape index (κ2) is 5.49. The maximum absolute atomic E-state index is 11.3. The topological polar surface area (TPSA) is 124 Å². The summed E-state index contributed by atoms with van der Waals surface area (Å²) in [4.78, 5) is 32.4. The summed E-state index contributed by atoms with van der Waals surface area (Å²) in [6, 6.07) is 0. The van der Waals surface area contributed by atoms with Crippen LogP contribution < -0.4 is 10.6 Å². The Hall–Kier alpha value is -2.38. The third-order valence-electron chi connectivity index (χ3n) is 1.61. The number of nitrogens with zero attached hydrogens (tertiary/aromatic N) is 1. The van der Waals surface area contributed by atoms with Crippen molar-refractivity contribution >= 4 is 17.8 Å². The second-order valence-corrected chi connectivity index (χ2v) is 2.84. The van der Waals surface area contributed by atoms with Gasteiger partial charge >= 0.3 is 5.97 Å². The third kappa shape index (κ3) is 3.78. The summed E-state index contributed by atoms with van der Waals surface area (Å²) in [5.74, 6) is -2.17. The van der Waals surface area contributed by atoms with Crippen LogP contribution in [-0.4, -0.2) is 46.2 Å². The average Bonchev–Trinajstić information content (AvgIpc) is 2.76. The molecule has 0 fully saturated rings. The van der Waals surface area contributed by atoms with Crippen LogP contribution in [0.4, 0.5) is 0 Å². The van der Waals surface area contributed by atoms with E-state index in [1.165, 1.54) is 12.4 Å². The van der Waals surface area contributed by atoms with Crippen LogP contribution in [0.25, 0.3) is 0 Å². The number of carbonyl (C=O) groups is 3. The molecule has 0 bridgehead atoms. The fraction of sp³-hybridized carbons (Fsp3) is 0.250. The number of aromatic amines is 1. The normalized spacial score (nSPS) is 9.50. The first-order valence-electron chi connectivity index (χ1n) is 4.35. The summed E-state index contributed by atoms with van der Waals surface area (Å²) >= 11 is 0. The maximum Gasteiger partial charge on any atom is 0.322 e. The Morgan fingerprint density at radius 2 is 2.06 bits per heavy atom. The van der Waals surface area contributed by atoms with Crippen LogP contribution in [0.15, 0.2) is 12.4 Å². The molecular weight excluding hydrogens is 216 g/mol. The smallest absolute Gasteiger partial charge is 0.322 e. The molecule has 1 rings (SSSR count). The van der Waals surface area contributed by atoms with E-state index in [0.29, 0.717) is 5.56 Å². The van der Waals surface area contributed by atoms with E-state index in [1.807, 2.05) is 0 Å². The highest BCUT2D eigenvalue weighted by Crippen LogP contribution is 1.91. The molecule has 86 valence electrons. The quantitative estimate of drug-likeness (QED) is 0.478. The Morgan fingerprint density at radius 3 is 2.62 bits per heavy atom. The minimum absolute atomic E-state index is 0.280. The first kappa shape index (κ1) is 11.7. The van der Waals surface area contributed by atoms with Gasteiger partial charge in [-0.15, -0.1) is 0 Å². The molecule has 0 saturated carbocycles. The van der Waals surface area contributed by atoms with E-state index in [1.54, 1.807) is 0 Å². The predicted octanol–water partition coefficient (Wildman–Crippen LogP) is -1.66. The molecule has 0 unspecified atom stereocenters. The Labute approximate surface area is 90.0 Å². The third-order valence-corrected chi connectivity index (χ3v) is 1.61. The van der Waals surface area contributed by atoms with Crippen molar-refractivity contribution in [3.8, 4) is 0 Å². The minimum Gasteiger partial charge on any atom is -0.480 e. The SMILES string of the molecule is O=C(O)CNC(=O)CNC(=O)c1cn[nH]c1. The predicted molar refractivity (Wildman–Crippen MR) is 51.6 cm³/mol. The molecule has 16 heavy (non-hydrogen) atoms. The fourth-order valence-corrected chi connectivity index (χ4v) is 0.874. The van der Waals surface area contributed by atoms with E-state index in [2.05, 4.69) is 20.8 Å². The van der Waals surface area contributed by atoms with E-state index in [-0.39, 0.29) is 6.54 Å². The first-order valence-corrected chi connectivity index (χ1v) is 4.35. The van der Waals surface area contributed by atoms with Crippen LogP contribution in [-0.2, 0) is 9.59 Å². The molecule has 8 heteroatoms. The molecule has 0 aliphatic carbocycles. The molecule has 8 nitrogen and oxygen atoms in total. The zero-order chi connectivity index (χ0) is 12.0. The number of carbonyl (C=O) groups excluding carboxylic acids is 2. The lowest BCUT2D eigenvalue weighted by molar-refractivity contribution is -0.137. The molecule has 1 aromatic heterocycles. The molecule has 2 amide bonds. The zero-order valence-corrected chi connectivity index (χ0v) is 8.19. The lowest BCUT2D eigenvalue weighted by Crippen LogP contribution is -2.38. The molecule has 1 aromatic rings. The Bertz CT molecular complexity index is 387. The van der Waals surface area contributed by atoms with Crippen molar-refractivity contribution in [2.24, 2.45) is 0 Å². The highest BCUT2D eigenvalue weighted by molar-refractivity contribution is 5.96. The van der Waals surface area contributed by atoms with Crippen molar-refractivity contribution < 1.29 is 19.5 Å². The molecule has 1 heterocycles. The lowest BCUT2D eigenvalue weighted by atomic mass is 10.3. The van der Waals surface area contributed by atoms with Gasteiger partial charge in [-0.2, -0.15) is 5.10 Å². The summed E-state index contributed by atoms with van der Waals surface area (Å²) in [6.45, 7) is -0.752. The summed E-state index contributed by atoms with van der Waals surface area (Å²) in [6.07, 6.45) is 2.69. The number of amides is 2. The largest absolute Gasteiger partial charge is 0.480 e. The van der Waals surface area contributed by atoms with Crippen molar-refractivity contribution in [3.63, 3.8) is 0 Å². The van der Waals surface area contributed by atoms with Gasteiger partial charge in [-0.05, 0) is 0 Å². The molecule has 0 aliphatic heterocycles. The summed E-state index contributed by atoms with van der Waals surface area (Å²) in [7, 11) is 0. The molecular formula is C8H10N4O4. The van der Waals surface area contributed by atoms with E-state index >= 15 is 0 Å². The number of hydrogen-bond donors (Lipinski definition) is 4. The van der Waals surface area contributed by atoms with Crippen LogP contribution in [0.5, 0.6) is 0 Å². The van der Waals surface area contributed by atoms with Gasteiger partial charge in [0.05, 0.1) is 18.3 Å². The van der Waals surface area contributed by atoms with Crippen LogP contribution >= 0.6 is 0 Å². The fourth-order valence-electron chi connectivity index (χ4n) is 0.874. The van der Waals surface area contributed by atoms with Gasteiger partial charge in [-0.3, -0.25) is 19.5 Å². The minimum atomic E-state index is -1.14. The molecule has 4 N–H and O–H groups in total. The van der Waals surface area contributed by atoms with Gasteiger partial charge in [0.1, 0.15) is 6.54 Å². The summed E-state index contributed by atoms with van der Waals surface area (Å²) in [5.41, 5.74) is 0.297. The Balaban J connectivity index is 2.27. The number of aromatic nitrogens is 2. The van der Waals surface area contributed by atoms with E-state index < -0.39 is 24.3 Å². The molecule has 0 spiro atoms. The first-order chi connectivity index (χ1) is 7.59. The number of aliphatic carboxylic acids is 1. The van der Waals surface area contributed by atoms with Gasteiger partial charge in [-0.25, -0.2) is 0 Å². The number of nitrogens with one attached hydrogen (secondary N) is 3. The van der Waals surface area contributed by atoms with Crippen molar-refractivity contribution in [2.75, 3.05) is 13.1 Å². The Kier molecular flexibility index (Phi) is 4.01. The van der Waals surface area contributed by atoms with E-state index in [0.717, 1.165) is 0 Å². The van der Waals surface area contributed by atoms with Crippen molar-refractivity contribution in [1.82, 2.24) is 20.8 Å². The molecule has 0 aromatic carbocycles. The maximum atomic E-state index is 11.3. The average molecular weight is 226 g/mol. The summed E-state index contributed by atoms with van der Waals surface area (Å²) < 4.78 is 0. The van der Waals surface area contributed by atoms with Gasteiger partial charge in [0.15, 0.2) is 0 Å². The van der Waals surface area contributed by atoms with Crippen molar-refractivity contribution in [1.29, 1.82) is 0 Å². The number of rotatable bonds is 5. The van der Waals surface area contributed by atoms with Crippen LogP contribution in [0, 0.1) is 0 Å². The van der Waals surface area contributed by atoms with Crippen LogP contribution in [0.3, 0.4) is 0 Å². The number of H-pyrrole nitrogens is 1. The van der Waals surface area contributed by atoms with Gasteiger partial charge in [0, 0.05) is 6.20 Å². The standard InChI is InChI=1S/C8H10N4O4/c13-6(9-4-7(14)15)3-10-8(16)5-1-11-12-2-5/h1-2H,3-4H2,(H,9,13)(H,10,16)(H,11,12)(H,14,15). The van der Waals surface area contributed by atoms with E-state index in [9.17, 15) is 14.4 Å². The van der Waals surface area contributed by atoms with Gasteiger partial charge in [0.25, 0.3) is 5.91 Å². The zero-order valence-electron chi connectivity index (χ0n) is 8.19. The molecule has 0 aliphatic rings. The molecule has 0 radical (unpaired) electrons. The number of carboxylic acid groups (broad SMARTS) is 1. The number of carboxylic acids is 1. The Morgan fingerprint density at radius 1 is 1.31 bits per heavy atom. The highest BCUT2D eigenvalue weighted by Gasteiger charge is 2.08. The van der Waals surface area contributed by atoms with Crippen molar-refractivity contribution in [3.05, 3.63) is 18.0 Å². The van der Waals surface area contributed by atoms with E-state index in [4.69, 9.17) is 5.11 Å². The van der Waals surface area contributed by atoms with Crippen LogP contribution in [0.1, 0.15) is 10.4 Å². The monoisotopic (exact) mass is 226 g/mol. The highest BCUT2D eigenvalue weighted by atomic mass is 16.4. The van der Waals surface area contributed by atoms with Crippen molar-refractivity contribution in [2.45, 2.75) is 0 Å². The lowest BCUT2D eigenvalue weighted by Gasteiger charge is -2.03. The second-order valence-electron chi connectivity index (χ2n) is 2.84. The number of hydrogen-bond acceptors (Lipinski definition) is 4. The van der Waals surface area contributed by atoms with Crippen LogP contribution in [0.2, 0.25) is 0 Å². The molecule has 0 atom stereocenters. The summed E-state index contributed by atoms with van der Waals surface area (Å²) in [5, 5.41) is 18.7. The molecule has 0 saturated heterocycles. The van der Waals surface area contributed by atoms with Gasteiger partial charge in [0.2, 0.25) is 5.91 Å². The van der Waals surface area contributed by atoms with Gasteiger partial charge in [-0.1, -0.05) is 0 Å².